The summed E-state index contributed by atoms with van der Waals surface area (Å²) in [7, 11) is -3.63. The predicted molar refractivity (Wildman–Crippen MR) is 92.2 cm³/mol. The Morgan fingerprint density at radius 2 is 2.04 bits per heavy atom. The lowest BCUT2D eigenvalue weighted by Gasteiger charge is -2.36. The van der Waals surface area contributed by atoms with Crippen LogP contribution in [0.4, 0.5) is 5.69 Å². The van der Waals surface area contributed by atoms with Crippen LogP contribution in [0.1, 0.15) is 38.7 Å². The van der Waals surface area contributed by atoms with Gasteiger partial charge >= 0.3 is 0 Å². The van der Waals surface area contributed by atoms with Crippen molar-refractivity contribution >= 4 is 33.1 Å². The van der Waals surface area contributed by atoms with Crippen LogP contribution < -0.4 is 4.72 Å². The zero-order chi connectivity index (χ0) is 17.0. The normalized spacial score (nSPS) is 29.0. The molecule has 0 aliphatic heterocycles. The molecule has 126 valence electrons. The molecule has 2 atom stereocenters. The number of aryl methyl sites for hydroxylation is 1. The summed E-state index contributed by atoms with van der Waals surface area (Å²) < 4.78 is 28.1. The van der Waals surface area contributed by atoms with Crippen LogP contribution in [0.3, 0.4) is 0 Å². The van der Waals surface area contributed by atoms with E-state index in [1.54, 1.807) is 18.2 Å². The molecule has 0 unspecified atom stereocenters. The molecule has 1 aromatic rings. The number of benzene rings is 1. The van der Waals surface area contributed by atoms with E-state index in [1.807, 2.05) is 20.8 Å². The Hall–Kier alpha value is -1.07. The maximum absolute atomic E-state index is 12.7. The number of ketones is 1. The Labute approximate surface area is 142 Å². The van der Waals surface area contributed by atoms with Gasteiger partial charge in [0.2, 0.25) is 10.0 Å². The van der Waals surface area contributed by atoms with E-state index >= 15 is 0 Å². The summed E-state index contributed by atoms with van der Waals surface area (Å²) in [5.41, 5.74) is 0.265. The molecule has 1 N–H and O–H groups in total. The Balaban J connectivity index is 1.90. The minimum atomic E-state index is -3.63. The van der Waals surface area contributed by atoms with Gasteiger partial charge in [-0.15, -0.1) is 0 Å². The number of anilines is 1. The minimum absolute atomic E-state index is 0.104. The molecule has 3 rings (SSSR count). The average molecular weight is 356 g/mol. The van der Waals surface area contributed by atoms with Gasteiger partial charge in [-0.2, -0.15) is 0 Å². The van der Waals surface area contributed by atoms with Crippen LogP contribution in [-0.4, -0.2) is 20.0 Å². The molecule has 4 nitrogen and oxygen atoms in total. The molecule has 2 fully saturated rings. The van der Waals surface area contributed by atoms with Crippen molar-refractivity contribution in [2.75, 3.05) is 10.5 Å². The smallest absolute Gasteiger partial charge is 0.233 e. The SMILES string of the molecule is Cc1ccc(Cl)cc1NS(=O)(=O)C[C@]12CC[C@@H](CC1=O)C2(C)C. The number of fused-ring (bicyclic) bond motifs is 2. The van der Waals surface area contributed by atoms with Crippen molar-refractivity contribution < 1.29 is 13.2 Å². The topological polar surface area (TPSA) is 63.2 Å². The molecule has 0 spiro atoms. The highest BCUT2D eigenvalue weighted by Gasteiger charge is 2.65. The molecule has 0 heterocycles. The van der Waals surface area contributed by atoms with E-state index in [0.29, 0.717) is 29.5 Å². The van der Waals surface area contributed by atoms with Crippen molar-refractivity contribution in [1.82, 2.24) is 0 Å². The zero-order valence-electron chi connectivity index (χ0n) is 13.6. The van der Waals surface area contributed by atoms with Gasteiger partial charge in [0, 0.05) is 11.4 Å². The van der Waals surface area contributed by atoms with E-state index in [0.717, 1.165) is 12.0 Å². The molecule has 1 aromatic carbocycles. The number of halogens is 1. The number of hydrogen-bond acceptors (Lipinski definition) is 3. The molecule has 2 aliphatic rings. The Kier molecular flexibility index (Phi) is 3.80. The minimum Gasteiger partial charge on any atom is -0.299 e. The first-order valence-corrected chi connectivity index (χ1v) is 9.90. The van der Waals surface area contributed by atoms with Crippen LogP contribution >= 0.6 is 11.6 Å². The monoisotopic (exact) mass is 355 g/mol. The molecule has 2 saturated carbocycles. The van der Waals surface area contributed by atoms with Crippen LogP contribution in [0.2, 0.25) is 5.02 Å². The fourth-order valence-electron chi connectivity index (χ4n) is 4.34. The fourth-order valence-corrected chi connectivity index (χ4v) is 6.47. The molecule has 0 aromatic heterocycles. The van der Waals surface area contributed by atoms with Gasteiger partial charge in [0.05, 0.1) is 16.9 Å². The van der Waals surface area contributed by atoms with Crippen molar-refractivity contribution in [2.24, 2.45) is 16.7 Å². The van der Waals surface area contributed by atoms with Gasteiger partial charge in [-0.25, -0.2) is 8.42 Å². The van der Waals surface area contributed by atoms with Crippen molar-refractivity contribution in [1.29, 1.82) is 0 Å². The number of sulfonamides is 1. The van der Waals surface area contributed by atoms with E-state index < -0.39 is 15.4 Å². The third-order valence-corrected chi connectivity index (χ3v) is 7.68. The van der Waals surface area contributed by atoms with Gasteiger partial charge in [0.1, 0.15) is 5.78 Å². The summed E-state index contributed by atoms with van der Waals surface area (Å²) in [6.45, 7) is 5.90. The highest BCUT2D eigenvalue weighted by Crippen LogP contribution is 2.64. The molecule has 6 heteroatoms. The second-order valence-corrected chi connectivity index (χ2v) is 9.65. The summed E-state index contributed by atoms with van der Waals surface area (Å²) in [5.74, 6) is 0.263. The summed E-state index contributed by atoms with van der Waals surface area (Å²) in [6.07, 6.45) is 2.11. The lowest BCUT2D eigenvalue weighted by Crippen LogP contribution is -2.43. The maximum atomic E-state index is 12.7. The Morgan fingerprint density at radius 1 is 1.35 bits per heavy atom. The molecule has 2 bridgehead atoms. The van der Waals surface area contributed by atoms with Crippen molar-refractivity contribution in [3.05, 3.63) is 28.8 Å². The highest BCUT2D eigenvalue weighted by atomic mass is 35.5. The summed E-state index contributed by atoms with van der Waals surface area (Å²) in [5, 5.41) is 0.477. The van der Waals surface area contributed by atoms with E-state index in [1.165, 1.54) is 0 Å². The molecular formula is C17H22ClNO3S. The summed E-state index contributed by atoms with van der Waals surface area (Å²) in [4.78, 5) is 12.5. The third-order valence-electron chi connectivity index (χ3n) is 6.04. The van der Waals surface area contributed by atoms with Gasteiger partial charge in [0.15, 0.2) is 0 Å². The number of hydrogen-bond donors (Lipinski definition) is 1. The quantitative estimate of drug-likeness (QED) is 0.893. The number of Topliss-reactive ketones (excluding diaryl/α,β-unsaturated/α-hetero) is 1. The molecule has 23 heavy (non-hydrogen) atoms. The lowest BCUT2D eigenvalue weighted by molar-refractivity contribution is -0.128. The largest absolute Gasteiger partial charge is 0.299 e. The first-order chi connectivity index (χ1) is 10.6. The van der Waals surface area contributed by atoms with Crippen molar-refractivity contribution in [3.63, 3.8) is 0 Å². The zero-order valence-corrected chi connectivity index (χ0v) is 15.2. The molecule has 2 aliphatic carbocycles. The summed E-state index contributed by atoms with van der Waals surface area (Å²) >= 11 is 5.96. The van der Waals surface area contributed by atoms with E-state index in [2.05, 4.69) is 4.72 Å². The van der Waals surface area contributed by atoms with Gasteiger partial charge in [-0.05, 0) is 48.8 Å². The van der Waals surface area contributed by atoms with Gasteiger partial charge < -0.3 is 0 Å². The number of carbonyl (C=O) groups is 1. The molecular weight excluding hydrogens is 334 g/mol. The number of nitrogens with one attached hydrogen (secondary N) is 1. The van der Waals surface area contributed by atoms with Crippen LogP contribution in [0.5, 0.6) is 0 Å². The van der Waals surface area contributed by atoms with Crippen molar-refractivity contribution in [3.8, 4) is 0 Å². The maximum Gasteiger partial charge on any atom is 0.233 e. The van der Waals surface area contributed by atoms with Gasteiger partial charge in [-0.3, -0.25) is 9.52 Å². The Bertz CT molecular complexity index is 772. The Morgan fingerprint density at radius 3 is 2.61 bits per heavy atom. The van der Waals surface area contributed by atoms with Crippen LogP contribution in [-0.2, 0) is 14.8 Å². The number of rotatable bonds is 4. The molecule has 0 saturated heterocycles. The van der Waals surface area contributed by atoms with E-state index in [-0.39, 0.29) is 17.0 Å². The fraction of sp³-hybridized carbons (Fsp3) is 0.588. The predicted octanol–water partition coefficient (Wildman–Crippen LogP) is 3.79. The molecule has 0 radical (unpaired) electrons. The van der Waals surface area contributed by atoms with Gasteiger partial charge in [-0.1, -0.05) is 31.5 Å². The van der Waals surface area contributed by atoms with Crippen molar-refractivity contribution in [2.45, 2.75) is 40.0 Å². The standard InChI is InChI=1S/C17H22ClNO3S/c1-11-4-5-13(18)9-14(11)19-23(21,22)10-17-7-6-12(8-15(17)20)16(17,2)3/h4-5,9,12,19H,6-8,10H2,1-3H3/t12-,17+/m0/s1. The van der Waals surface area contributed by atoms with Gasteiger partial charge in [0.25, 0.3) is 0 Å². The first kappa shape index (κ1) is 16.8. The van der Waals surface area contributed by atoms with Crippen LogP contribution in [0.25, 0.3) is 0 Å². The lowest BCUT2D eigenvalue weighted by atomic mass is 9.70. The average Bonchev–Trinajstić information content (AvgIpc) is 2.76. The molecule has 0 amide bonds. The number of carbonyl (C=O) groups excluding carboxylic acids is 1. The van der Waals surface area contributed by atoms with Crippen LogP contribution in [0, 0.1) is 23.7 Å². The summed E-state index contributed by atoms with van der Waals surface area (Å²) in [6, 6.07) is 5.10. The second kappa shape index (κ2) is 5.21. The van der Waals surface area contributed by atoms with E-state index in [9.17, 15) is 13.2 Å². The van der Waals surface area contributed by atoms with Crippen LogP contribution in [0.15, 0.2) is 18.2 Å². The van der Waals surface area contributed by atoms with E-state index in [4.69, 9.17) is 11.6 Å². The first-order valence-electron chi connectivity index (χ1n) is 7.87. The third kappa shape index (κ3) is 2.58. The second-order valence-electron chi connectivity index (χ2n) is 7.49. The highest BCUT2D eigenvalue weighted by molar-refractivity contribution is 7.92.